The standard InChI is InChI=1S/C15H15N3O/c1-10-14(9-15(19)17-10)12-3-5-13(6-4-12)18-8-7-16-11(18)2/h3-8H,9H2,1-2H3,(H,17,19). The number of aromatic nitrogens is 2. The van der Waals surface area contributed by atoms with Crippen LogP contribution in [0.5, 0.6) is 0 Å². The first-order chi connectivity index (χ1) is 9.15. The zero-order valence-electron chi connectivity index (χ0n) is 11.0. The van der Waals surface area contributed by atoms with Crippen molar-refractivity contribution in [3.05, 3.63) is 53.7 Å². The molecule has 1 aromatic heterocycles. The van der Waals surface area contributed by atoms with Crippen LogP contribution in [0.15, 0.2) is 42.4 Å². The molecule has 0 saturated carbocycles. The molecule has 0 aliphatic carbocycles. The van der Waals surface area contributed by atoms with Crippen molar-refractivity contribution in [1.29, 1.82) is 0 Å². The van der Waals surface area contributed by atoms with E-state index >= 15 is 0 Å². The minimum absolute atomic E-state index is 0.0713. The lowest BCUT2D eigenvalue weighted by molar-refractivity contribution is -0.118. The van der Waals surface area contributed by atoms with Crippen LogP contribution in [0.3, 0.4) is 0 Å². The molecule has 1 aliphatic heterocycles. The fourth-order valence-electron chi connectivity index (χ4n) is 2.41. The molecule has 1 aromatic carbocycles. The number of carbonyl (C=O) groups excluding carboxylic acids is 1. The predicted octanol–water partition coefficient (Wildman–Crippen LogP) is 2.43. The van der Waals surface area contributed by atoms with Crippen LogP contribution in [0.4, 0.5) is 0 Å². The van der Waals surface area contributed by atoms with Gasteiger partial charge in [0.25, 0.3) is 0 Å². The lowest BCUT2D eigenvalue weighted by Crippen LogP contribution is -2.12. The third kappa shape index (κ3) is 2.05. The number of benzene rings is 1. The van der Waals surface area contributed by atoms with Gasteiger partial charge in [0.15, 0.2) is 0 Å². The monoisotopic (exact) mass is 253 g/mol. The largest absolute Gasteiger partial charge is 0.329 e. The Morgan fingerprint density at radius 1 is 1.21 bits per heavy atom. The Balaban J connectivity index is 1.94. The molecule has 1 N–H and O–H groups in total. The summed E-state index contributed by atoms with van der Waals surface area (Å²) in [5, 5.41) is 2.84. The normalized spacial score (nSPS) is 14.9. The van der Waals surface area contributed by atoms with Gasteiger partial charge in [0.1, 0.15) is 5.82 Å². The summed E-state index contributed by atoms with van der Waals surface area (Å²) in [4.78, 5) is 15.6. The van der Waals surface area contributed by atoms with Gasteiger partial charge < -0.3 is 9.88 Å². The minimum Gasteiger partial charge on any atom is -0.329 e. The first-order valence-corrected chi connectivity index (χ1v) is 6.25. The number of carbonyl (C=O) groups is 1. The van der Waals surface area contributed by atoms with Gasteiger partial charge in [-0.3, -0.25) is 4.79 Å². The van der Waals surface area contributed by atoms with Crippen molar-refractivity contribution in [1.82, 2.24) is 14.9 Å². The second-order valence-electron chi connectivity index (χ2n) is 4.72. The average Bonchev–Trinajstić information content (AvgIpc) is 2.96. The molecule has 1 amide bonds. The maximum absolute atomic E-state index is 11.4. The number of allylic oxidation sites excluding steroid dienone is 1. The minimum atomic E-state index is 0.0713. The SMILES string of the molecule is CC1=C(c2ccc(-n3ccnc3C)cc2)CC(=O)N1. The van der Waals surface area contributed by atoms with Gasteiger partial charge in [0.05, 0.1) is 6.42 Å². The highest BCUT2D eigenvalue weighted by Crippen LogP contribution is 2.26. The quantitative estimate of drug-likeness (QED) is 0.893. The summed E-state index contributed by atoms with van der Waals surface area (Å²) in [5.74, 6) is 1.03. The highest BCUT2D eigenvalue weighted by molar-refractivity contribution is 5.96. The molecular weight excluding hydrogens is 238 g/mol. The zero-order valence-corrected chi connectivity index (χ0v) is 11.0. The van der Waals surface area contributed by atoms with E-state index in [0.717, 1.165) is 28.3 Å². The van der Waals surface area contributed by atoms with E-state index in [9.17, 15) is 4.79 Å². The Kier molecular flexibility index (Phi) is 2.71. The van der Waals surface area contributed by atoms with E-state index in [1.54, 1.807) is 6.20 Å². The maximum atomic E-state index is 11.4. The van der Waals surface area contributed by atoms with Crippen LogP contribution < -0.4 is 5.32 Å². The molecule has 4 nitrogen and oxygen atoms in total. The van der Waals surface area contributed by atoms with Gasteiger partial charge in [0.2, 0.25) is 5.91 Å². The number of hydrogen-bond donors (Lipinski definition) is 1. The van der Waals surface area contributed by atoms with Gasteiger partial charge in [-0.25, -0.2) is 4.98 Å². The first kappa shape index (κ1) is 11.7. The van der Waals surface area contributed by atoms with Crippen LogP contribution in [0, 0.1) is 6.92 Å². The number of nitrogens with zero attached hydrogens (tertiary/aromatic N) is 2. The van der Waals surface area contributed by atoms with Gasteiger partial charge in [-0.1, -0.05) is 12.1 Å². The Hall–Kier alpha value is -2.36. The van der Waals surface area contributed by atoms with Gasteiger partial charge in [-0.15, -0.1) is 0 Å². The fraction of sp³-hybridized carbons (Fsp3) is 0.200. The Morgan fingerprint density at radius 3 is 2.47 bits per heavy atom. The van der Waals surface area contributed by atoms with E-state index in [1.807, 2.05) is 48.9 Å². The highest BCUT2D eigenvalue weighted by atomic mass is 16.1. The van der Waals surface area contributed by atoms with Crippen molar-refractivity contribution >= 4 is 11.5 Å². The van der Waals surface area contributed by atoms with Gasteiger partial charge in [-0.05, 0) is 37.1 Å². The van der Waals surface area contributed by atoms with Crippen LogP contribution in [0.1, 0.15) is 24.7 Å². The Labute approximate surface area is 111 Å². The first-order valence-electron chi connectivity index (χ1n) is 6.25. The number of imidazole rings is 1. The molecule has 0 spiro atoms. The van der Waals surface area contributed by atoms with Crippen molar-refractivity contribution in [3.8, 4) is 5.69 Å². The summed E-state index contributed by atoms with van der Waals surface area (Å²) in [6.07, 6.45) is 4.19. The average molecular weight is 253 g/mol. The van der Waals surface area contributed by atoms with Crippen LogP contribution in [-0.2, 0) is 4.79 Å². The number of amides is 1. The summed E-state index contributed by atoms with van der Waals surface area (Å²) >= 11 is 0. The molecule has 0 atom stereocenters. The molecule has 0 radical (unpaired) electrons. The molecule has 0 bridgehead atoms. The van der Waals surface area contributed by atoms with E-state index < -0.39 is 0 Å². The molecular formula is C15H15N3O. The Bertz CT molecular complexity index is 665. The molecule has 0 fully saturated rings. The summed E-state index contributed by atoms with van der Waals surface area (Å²) in [5.41, 5.74) is 4.21. The van der Waals surface area contributed by atoms with Crippen molar-refractivity contribution in [2.45, 2.75) is 20.3 Å². The molecule has 96 valence electrons. The molecule has 2 heterocycles. The van der Waals surface area contributed by atoms with Crippen LogP contribution in [0.25, 0.3) is 11.3 Å². The summed E-state index contributed by atoms with van der Waals surface area (Å²) < 4.78 is 2.03. The molecule has 0 unspecified atom stereocenters. The van der Waals surface area contributed by atoms with Crippen molar-refractivity contribution in [2.75, 3.05) is 0 Å². The number of rotatable bonds is 2. The van der Waals surface area contributed by atoms with Crippen LogP contribution in [0.2, 0.25) is 0 Å². The summed E-state index contributed by atoms with van der Waals surface area (Å²) in [6, 6.07) is 8.20. The molecule has 19 heavy (non-hydrogen) atoms. The van der Waals surface area contributed by atoms with Gasteiger partial charge in [-0.2, -0.15) is 0 Å². The second kappa shape index (κ2) is 4.39. The smallest absolute Gasteiger partial charge is 0.228 e. The van der Waals surface area contributed by atoms with E-state index in [-0.39, 0.29) is 5.91 Å². The molecule has 3 rings (SSSR count). The molecule has 0 saturated heterocycles. The molecule has 4 heteroatoms. The van der Waals surface area contributed by atoms with Gasteiger partial charge >= 0.3 is 0 Å². The van der Waals surface area contributed by atoms with Gasteiger partial charge in [0, 0.05) is 23.8 Å². The van der Waals surface area contributed by atoms with E-state index in [1.165, 1.54) is 0 Å². The van der Waals surface area contributed by atoms with Crippen molar-refractivity contribution < 1.29 is 4.79 Å². The number of nitrogens with one attached hydrogen (secondary N) is 1. The second-order valence-corrected chi connectivity index (χ2v) is 4.72. The van der Waals surface area contributed by atoms with E-state index in [2.05, 4.69) is 10.3 Å². The van der Waals surface area contributed by atoms with Crippen LogP contribution in [-0.4, -0.2) is 15.5 Å². The number of hydrogen-bond acceptors (Lipinski definition) is 2. The maximum Gasteiger partial charge on any atom is 0.228 e. The lowest BCUT2D eigenvalue weighted by atomic mass is 10.0. The Morgan fingerprint density at radius 2 is 1.95 bits per heavy atom. The zero-order chi connectivity index (χ0) is 13.4. The van der Waals surface area contributed by atoms with Crippen molar-refractivity contribution in [3.63, 3.8) is 0 Å². The molecule has 2 aromatic rings. The lowest BCUT2D eigenvalue weighted by Gasteiger charge is -2.07. The predicted molar refractivity (Wildman–Crippen MR) is 73.7 cm³/mol. The third-order valence-electron chi connectivity index (χ3n) is 3.44. The van der Waals surface area contributed by atoms with Crippen molar-refractivity contribution in [2.24, 2.45) is 0 Å². The topological polar surface area (TPSA) is 46.9 Å². The summed E-state index contributed by atoms with van der Waals surface area (Å²) in [6.45, 7) is 3.91. The molecule has 1 aliphatic rings. The fourth-order valence-corrected chi connectivity index (χ4v) is 2.41. The van der Waals surface area contributed by atoms with Crippen LogP contribution >= 0.6 is 0 Å². The summed E-state index contributed by atoms with van der Waals surface area (Å²) in [7, 11) is 0. The third-order valence-corrected chi connectivity index (χ3v) is 3.44. The van der Waals surface area contributed by atoms with E-state index in [0.29, 0.717) is 6.42 Å². The number of aryl methyl sites for hydroxylation is 1. The highest BCUT2D eigenvalue weighted by Gasteiger charge is 2.18. The van der Waals surface area contributed by atoms with E-state index in [4.69, 9.17) is 0 Å².